The Balaban J connectivity index is 1.34. The third kappa shape index (κ3) is 5.41. The Morgan fingerprint density at radius 2 is 2.00 bits per heavy atom. The van der Waals surface area contributed by atoms with Crippen LogP contribution in [0.25, 0.3) is 0 Å². The van der Waals surface area contributed by atoms with Gasteiger partial charge in [0, 0.05) is 39.3 Å². The van der Waals surface area contributed by atoms with E-state index in [1.54, 1.807) is 0 Å². The molecule has 146 valence electrons. The van der Waals surface area contributed by atoms with Crippen LogP contribution < -0.4 is 0 Å². The van der Waals surface area contributed by atoms with Crippen LogP contribution in [-0.4, -0.2) is 66.6 Å². The number of amides is 1. The fourth-order valence-electron chi connectivity index (χ4n) is 2.98. The van der Waals surface area contributed by atoms with E-state index in [1.807, 2.05) is 0 Å². The highest BCUT2D eigenvalue weighted by Gasteiger charge is 2.40. The van der Waals surface area contributed by atoms with Crippen molar-refractivity contribution < 1.29 is 32.0 Å². The molecular formula is C16H22F3N3O4. The van der Waals surface area contributed by atoms with Crippen LogP contribution in [0.5, 0.6) is 0 Å². The van der Waals surface area contributed by atoms with E-state index in [0.29, 0.717) is 37.3 Å². The first kappa shape index (κ1) is 19.1. The number of hydrogen-bond donors (Lipinski definition) is 0. The Kier molecular flexibility index (Phi) is 6.13. The SMILES string of the molecule is O=C(CC(F)(F)F)N1CC(c2nc(CCOCC3CCOCC3)no2)C1. The number of aromatic nitrogens is 2. The van der Waals surface area contributed by atoms with E-state index in [0.717, 1.165) is 31.0 Å². The zero-order valence-electron chi connectivity index (χ0n) is 14.3. The molecule has 0 aromatic carbocycles. The smallest absolute Gasteiger partial charge is 0.381 e. The first-order valence-corrected chi connectivity index (χ1v) is 8.73. The topological polar surface area (TPSA) is 77.7 Å². The van der Waals surface area contributed by atoms with Crippen LogP contribution in [0.15, 0.2) is 4.52 Å². The maximum absolute atomic E-state index is 12.2. The Hall–Kier alpha value is -1.68. The Morgan fingerprint density at radius 1 is 1.27 bits per heavy atom. The van der Waals surface area contributed by atoms with Crippen LogP contribution in [-0.2, 0) is 20.7 Å². The van der Waals surface area contributed by atoms with Gasteiger partial charge in [-0.1, -0.05) is 5.16 Å². The predicted molar refractivity (Wildman–Crippen MR) is 82.4 cm³/mol. The molecule has 0 atom stereocenters. The van der Waals surface area contributed by atoms with Gasteiger partial charge in [0.1, 0.15) is 6.42 Å². The summed E-state index contributed by atoms with van der Waals surface area (Å²) in [6.07, 6.45) is -3.38. The first-order valence-electron chi connectivity index (χ1n) is 8.73. The molecule has 2 fully saturated rings. The fraction of sp³-hybridized carbons (Fsp3) is 0.812. The van der Waals surface area contributed by atoms with E-state index in [9.17, 15) is 18.0 Å². The quantitative estimate of drug-likeness (QED) is 0.676. The van der Waals surface area contributed by atoms with Gasteiger partial charge in [-0.15, -0.1) is 0 Å². The van der Waals surface area contributed by atoms with Crippen LogP contribution in [0.3, 0.4) is 0 Å². The van der Waals surface area contributed by atoms with Gasteiger partial charge in [0.05, 0.1) is 12.5 Å². The van der Waals surface area contributed by atoms with E-state index in [2.05, 4.69) is 10.1 Å². The molecule has 1 aromatic rings. The van der Waals surface area contributed by atoms with Gasteiger partial charge in [0.15, 0.2) is 5.82 Å². The maximum Gasteiger partial charge on any atom is 0.397 e. The number of carbonyl (C=O) groups excluding carboxylic acids is 1. The average Bonchev–Trinajstić information content (AvgIpc) is 2.98. The first-order chi connectivity index (χ1) is 12.4. The minimum absolute atomic E-state index is 0.177. The van der Waals surface area contributed by atoms with E-state index in [-0.39, 0.29) is 19.0 Å². The van der Waals surface area contributed by atoms with E-state index in [4.69, 9.17) is 14.0 Å². The van der Waals surface area contributed by atoms with Crippen molar-refractivity contribution in [3.63, 3.8) is 0 Å². The highest BCUT2D eigenvalue weighted by atomic mass is 19.4. The number of alkyl halides is 3. The summed E-state index contributed by atoms with van der Waals surface area (Å²) in [6, 6.07) is 0. The monoisotopic (exact) mass is 377 g/mol. The molecular weight excluding hydrogens is 355 g/mol. The summed E-state index contributed by atoms with van der Waals surface area (Å²) in [6.45, 7) is 3.09. The van der Waals surface area contributed by atoms with Crippen LogP contribution in [0.2, 0.25) is 0 Å². The molecule has 0 saturated carbocycles. The van der Waals surface area contributed by atoms with Gasteiger partial charge in [0.25, 0.3) is 0 Å². The molecule has 2 saturated heterocycles. The third-order valence-electron chi connectivity index (χ3n) is 4.58. The zero-order chi connectivity index (χ0) is 18.6. The Labute approximate surface area is 148 Å². The van der Waals surface area contributed by atoms with Gasteiger partial charge < -0.3 is 18.9 Å². The average molecular weight is 377 g/mol. The molecule has 0 bridgehead atoms. The van der Waals surface area contributed by atoms with Crippen molar-refractivity contribution in [2.24, 2.45) is 5.92 Å². The number of hydrogen-bond acceptors (Lipinski definition) is 6. The Morgan fingerprint density at radius 3 is 2.69 bits per heavy atom. The van der Waals surface area contributed by atoms with Gasteiger partial charge >= 0.3 is 6.18 Å². The number of likely N-dealkylation sites (tertiary alicyclic amines) is 1. The highest BCUT2D eigenvalue weighted by molar-refractivity contribution is 5.77. The van der Waals surface area contributed by atoms with Crippen molar-refractivity contribution in [2.45, 2.75) is 37.8 Å². The van der Waals surface area contributed by atoms with Crippen LogP contribution >= 0.6 is 0 Å². The normalized spacial score (nSPS) is 19.6. The molecule has 1 aromatic heterocycles. The largest absolute Gasteiger partial charge is 0.397 e. The van der Waals surface area contributed by atoms with Gasteiger partial charge in [-0.05, 0) is 18.8 Å². The number of rotatable bonds is 7. The summed E-state index contributed by atoms with van der Waals surface area (Å²) < 4.78 is 52.7. The van der Waals surface area contributed by atoms with Gasteiger partial charge in [0.2, 0.25) is 11.8 Å². The second-order valence-corrected chi connectivity index (χ2v) is 6.72. The molecule has 3 heterocycles. The molecule has 0 aliphatic carbocycles. The minimum atomic E-state index is -4.48. The lowest BCUT2D eigenvalue weighted by Crippen LogP contribution is -2.49. The summed E-state index contributed by atoms with van der Waals surface area (Å²) in [5.41, 5.74) is 0. The standard InChI is InChI=1S/C16H22F3N3O4/c17-16(18,19)7-14(23)22-8-12(9-22)15-20-13(21-26-15)3-6-25-10-11-1-4-24-5-2-11/h11-12H,1-10H2. The molecule has 10 heteroatoms. The molecule has 7 nitrogen and oxygen atoms in total. The molecule has 0 unspecified atom stereocenters. The summed E-state index contributed by atoms with van der Waals surface area (Å²) >= 11 is 0. The molecule has 3 rings (SSSR count). The van der Waals surface area contributed by atoms with Crippen molar-refractivity contribution in [2.75, 3.05) is 39.5 Å². The van der Waals surface area contributed by atoms with Crippen LogP contribution in [0.4, 0.5) is 13.2 Å². The molecule has 2 aliphatic heterocycles. The molecule has 2 aliphatic rings. The van der Waals surface area contributed by atoms with E-state index < -0.39 is 18.5 Å². The molecule has 0 spiro atoms. The second kappa shape index (κ2) is 8.34. The summed E-state index contributed by atoms with van der Waals surface area (Å²) in [7, 11) is 0. The zero-order valence-corrected chi connectivity index (χ0v) is 14.3. The number of ether oxygens (including phenoxy) is 2. The van der Waals surface area contributed by atoms with Crippen molar-refractivity contribution in [3.05, 3.63) is 11.7 Å². The lowest BCUT2D eigenvalue weighted by Gasteiger charge is -2.37. The van der Waals surface area contributed by atoms with Crippen molar-refractivity contribution in [3.8, 4) is 0 Å². The van der Waals surface area contributed by atoms with E-state index >= 15 is 0 Å². The lowest BCUT2D eigenvalue weighted by atomic mass is 9.99. The summed E-state index contributed by atoms with van der Waals surface area (Å²) in [5, 5.41) is 3.86. The van der Waals surface area contributed by atoms with Crippen molar-refractivity contribution in [1.29, 1.82) is 0 Å². The van der Waals surface area contributed by atoms with Crippen molar-refractivity contribution in [1.82, 2.24) is 15.0 Å². The maximum atomic E-state index is 12.2. The Bertz CT molecular complexity index is 596. The lowest BCUT2D eigenvalue weighted by molar-refractivity contribution is -0.164. The van der Waals surface area contributed by atoms with Crippen LogP contribution in [0, 0.1) is 5.92 Å². The number of carbonyl (C=O) groups is 1. The third-order valence-corrected chi connectivity index (χ3v) is 4.58. The molecule has 26 heavy (non-hydrogen) atoms. The van der Waals surface area contributed by atoms with Crippen molar-refractivity contribution >= 4 is 5.91 Å². The van der Waals surface area contributed by atoms with Crippen LogP contribution in [0.1, 0.15) is 36.9 Å². The van der Waals surface area contributed by atoms with E-state index in [1.165, 1.54) is 0 Å². The minimum Gasteiger partial charge on any atom is -0.381 e. The second-order valence-electron chi connectivity index (χ2n) is 6.72. The highest BCUT2D eigenvalue weighted by Crippen LogP contribution is 2.29. The molecule has 0 N–H and O–H groups in total. The predicted octanol–water partition coefficient (Wildman–Crippen LogP) is 1.93. The summed E-state index contributed by atoms with van der Waals surface area (Å²) in [5.74, 6) is 0.277. The number of halogens is 3. The molecule has 0 radical (unpaired) electrons. The van der Waals surface area contributed by atoms with Gasteiger partial charge in [-0.25, -0.2) is 0 Å². The number of nitrogens with zero attached hydrogens (tertiary/aromatic N) is 3. The fourth-order valence-corrected chi connectivity index (χ4v) is 2.98. The summed E-state index contributed by atoms with van der Waals surface area (Å²) in [4.78, 5) is 16.8. The van der Waals surface area contributed by atoms with Gasteiger partial charge in [-0.3, -0.25) is 4.79 Å². The molecule has 1 amide bonds. The van der Waals surface area contributed by atoms with Gasteiger partial charge in [-0.2, -0.15) is 18.2 Å².